The monoisotopic (exact) mass is 423 g/mol. The van der Waals surface area contributed by atoms with Gasteiger partial charge in [0.15, 0.2) is 5.16 Å². The first-order chi connectivity index (χ1) is 14.4. The van der Waals surface area contributed by atoms with Crippen LogP contribution in [0.2, 0.25) is 0 Å². The zero-order valence-corrected chi connectivity index (χ0v) is 18.8. The van der Waals surface area contributed by atoms with Crippen LogP contribution in [0.1, 0.15) is 30.5 Å². The second-order valence-electron chi connectivity index (χ2n) is 7.66. The molecular weight excluding hydrogens is 394 g/mol. The summed E-state index contributed by atoms with van der Waals surface area (Å²) >= 11 is 1.38. The van der Waals surface area contributed by atoms with Gasteiger partial charge in [-0.15, -0.1) is 10.2 Å². The molecule has 0 unspecified atom stereocenters. The van der Waals surface area contributed by atoms with Crippen LogP contribution in [0.25, 0.3) is 5.69 Å². The predicted molar refractivity (Wildman–Crippen MR) is 122 cm³/mol. The summed E-state index contributed by atoms with van der Waals surface area (Å²) < 4.78 is 1.90. The topological polar surface area (TPSA) is 63.1 Å². The van der Waals surface area contributed by atoms with Crippen LogP contribution in [0.5, 0.6) is 0 Å². The van der Waals surface area contributed by atoms with Crippen molar-refractivity contribution in [2.45, 2.75) is 45.1 Å². The number of benzene rings is 2. The van der Waals surface area contributed by atoms with Crippen LogP contribution in [0.4, 0.5) is 0 Å². The predicted octanol–water partition coefficient (Wildman–Crippen LogP) is 3.82. The molecule has 3 rings (SSSR count). The lowest BCUT2D eigenvalue weighted by Gasteiger charge is -2.22. The lowest BCUT2D eigenvalue weighted by atomic mass is 10.1. The fourth-order valence-corrected chi connectivity index (χ4v) is 3.67. The summed E-state index contributed by atoms with van der Waals surface area (Å²) in [5.41, 5.74) is 4.56. The SMILES string of the molecule is Cc1ccc(-n2cnnc2SCC(=O)NCc2ccccc2CN(C)C(C)C)cc1. The molecule has 0 saturated carbocycles. The highest BCUT2D eigenvalue weighted by atomic mass is 32.2. The number of carbonyl (C=O) groups is 1. The second-order valence-corrected chi connectivity index (χ2v) is 8.60. The molecule has 30 heavy (non-hydrogen) atoms. The number of aromatic nitrogens is 3. The number of amides is 1. The zero-order valence-electron chi connectivity index (χ0n) is 18.0. The molecule has 7 heteroatoms. The molecule has 3 aromatic rings. The van der Waals surface area contributed by atoms with Gasteiger partial charge in [-0.2, -0.15) is 0 Å². The fourth-order valence-electron chi connectivity index (χ4n) is 2.92. The third-order valence-electron chi connectivity index (χ3n) is 5.06. The first-order valence-corrected chi connectivity index (χ1v) is 11.1. The maximum absolute atomic E-state index is 12.4. The highest BCUT2D eigenvalue weighted by molar-refractivity contribution is 7.99. The summed E-state index contributed by atoms with van der Waals surface area (Å²) in [6.45, 7) is 7.78. The van der Waals surface area contributed by atoms with Crippen molar-refractivity contribution in [2.24, 2.45) is 0 Å². The van der Waals surface area contributed by atoms with Crippen LogP contribution < -0.4 is 5.32 Å². The van der Waals surface area contributed by atoms with Crippen molar-refractivity contribution in [1.82, 2.24) is 25.0 Å². The Kier molecular flexibility index (Phi) is 7.65. The van der Waals surface area contributed by atoms with Crippen molar-refractivity contribution in [3.8, 4) is 5.69 Å². The normalized spacial score (nSPS) is 11.3. The highest BCUT2D eigenvalue weighted by Gasteiger charge is 2.12. The third-order valence-corrected chi connectivity index (χ3v) is 6.00. The number of rotatable bonds is 9. The van der Waals surface area contributed by atoms with Gasteiger partial charge >= 0.3 is 0 Å². The molecule has 0 aliphatic carbocycles. The van der Waals surface area contributed by atoms with Gasteiger partial charge in [-0.3, -0.25) is 14.3 Å². The summed E-state index contributed by atoms with van der Waals surface area (Å²) in [6, 6.07) is 16.9. The van der Waals surface area contributed by atoms with E-state index in [-0.39, 0.29) is 5.91 Å². The molecule has 0 atom stereocenters. The Morgan fingerprint density at radius 2 is 1.83 bits per heavy atom. The largest absolute Gasteiger partial charge is 0.351 e. The van der Waals surface area contributed by atoms with Crippen molar-refractivity contribution in [3.05, 3.63) is 71.5 Å². The molecular formula is C23H29N5OS. The van der Waals surface area contributed by atoms with E-state index in [0.717, 1.165) is 17.8 Å². The van der Waals surface area contributed by atoms with E-state index in [1.165, 1.54) is 22.9 Å². The molecule has 0 saturated heterocycles. The number of nitrogens with zero attached hydrogens (tertiary/aromatic N) is 4. The van der Waals surface area contributed by atoms with Gasteiger partial charge in [0.05, 0.1) is 5.75 Å². The van der Waals surface area contributed by atoms with Crippen LogP contribution in [0.15, 0.2) is 60.0 Å². The quantitative estimate of drug-likeness (QED) is 0.530. The maximum atomic E-state index is 12.4. The lowest BCUT2D eigenvalue weighted by molar-refractivity contribution is -0.118. The molecule has 6 nitrogen and oxygen atoms in total. The van der Waals surface area contributed by atoms with Crippen LogP contribution in [0.3, 0.4) is 0 Å². The Hall–Kier alpha value is -2.64. The van der Waals surface area contributed by atoms with Gasteiger partial charge in [-0.05, 0) is 51.1 Å². The first kappa shape index (κ1) is 22.1. The Morgan fingerprint density at radius 3 is 2.53 bits per heavy atom. The third kappa shape index (κ3) is 5.93. The van der Waals surface area contributed by atoms with E-state index in [9.17, 15) is 4.79 Å². The summed E-state index contributed by atoms with van der Waals surface area (Å²) in [7, 11) is 2.11. The van der Waals surface area contributed by atoms with E-state index < -0.39 is 0 Å². The van der Waals surface area contributed by atoms with Crippen LogP contribution in [-0.2, 0) is 17.9 Å². The van der Waals surface area contributed by atoms with Crippen molar-refractivity contribution < 1.29 is 4.79 Å². The molecule has 158 valence electrons. The van der Waals surface area contributed by atoms with Crippen molar-refractivity contribution in [2.75, 3.05) is 12.8 Å². The van der Waals surface area contributed by atoms with Crippen molar-refractivity contribution in [1.29, 1.82) is 0 Å². The van der Waals surface area contributed by atoms with Crippen molar-refractivity contribution in [3.63, 3.8) is 0 Å². The molecule has 1 amide bonds. The number of thioether (sulfide) groups is 1. The molecule has 1 aromatic heterocycles. The smallest absolute Gasteiger partial charge is 0.230 e. The Bertz CT molecular complexity index is 968. The van der Waals surface area contributed by atoms with Gasteiger partial charge in [0.1, 0.15) is 6.33 Å². The average Bonchev–Trinajstić information content (AvgIpc) is 3.20. The standard InChI is InChI=1S/C23H29N5OS/c1-17(2)27(4)14-20-8-6-5-7-19(20)13-24-22(29)15-30-23-26-25-16-28(23)21-11-9-18(3)10-12-21/h5-12,16-17H,13-15H2,1-4H3,(H,24,29). The molecule has 1 heterocycles. The van der Waals surface area contributed by atoms with Gasteiger partial charge in [-0.25, -0.2) is 0 Å². The van der Waals surface area contributed by atoms with Crippen molar-refractivity contribution >= 4 is 17.7 Å². The molecule has 0 spiro atoms. The molecule has 1 N–H and O–H groups in total. The fraction of sp³-hybridized carbons (Fsp3) is 0.348. The van der Waals surface area contributed by atoms with Gasteiger partial charge in [0.2, 0.25) is 5.91 Å². The molecule has 0 aliphatic rings. The first-order valence-electron chi connectivity index (χ1n) is 10.1. The number of hydrogen-bond acceptors (Lipinski definition) is 5. The molecule has 2 aromatic carbocycles. The van der Waals surface area contributed by atoms with E-state index >= 15 is 0 Å². The molecule has 0 radical (unpaired) electrons. The van der Waals surface area contributed by atoms with E-state index in [4.69, 9.17) is 0 Å². The summed E-state index contributed by atoms with van der Waals surface area (Å²) in [6.07, 6.45) is 1.67. The van der Waals surface area contributed by atoms with Gasteiger partial charge < -0.3 is 5.32 Å². The summed E-state index contributed by atoms with van der Waals surface area (Å²) in [4.78, 5) is 14.7. The number of carbonyl (C=O) groups excluding carboxylic acids is 1. The van der Waals surface area contributed by atoms with Gasteiger partial charge in [0, 0.05) is 24.8 Å². The molecule has 0 fully saturated rings. The highest BCUT2D eigenvalue weighted by Crippen LogP contribution is 2.20. The lowest BCUT2D eigenvalue weighted by Crippen LogP contribution is -2.28. The van der Waals surface area contributed by atoms with E-state index in [2.05, 4.69) is 60.4 Å². The maximum Gasteiger partial charge on any atom is 0.230 e. The minimum Gasteiger partial charge on any atom is -0.351 e. The average molecular weight is 424 g/mol. The Morgan fingerprint density at radius 1 is 1.13 bits per heavy atom. The minimum atomic E-state index is -0.0227. The van der Waals surface area contributed by atoms with E-state index in [0.29, 0.717) is 23.5 Å². The Labute approximate surface area is 182 Å². The Balaban J connectivity index is 1.56. The molecule has 0 bridgehead atoms. The summed E-state index contributed by atoms with van der Waals surface area (Å²) in [5, 5.41) is 11.9. The van der Waals surface area contributed by atoms with Gasteiger partial charge in [0.25, 0.3) is 0 Å². The van der Waals surface area contributed by atoms with E-state index in [1.807, 2.05) is 41.0 Å². The van der Waals surface area contributed by atoms with Crippen LogP contribution in [-0.4, -0.2) is 44.4 Å². The minimum absolute atomic E-state index is 0.0227. The number of nitrogens with one attached hydrogen (secondary N) is 1. The van der Waals surface area contributed by atoms with E-state index in [1.54, 1.807) is 6.33 Å². The molecule has 0 aliphatic heterocycles. The number of aryl methyl sites for hydroxylation is 1. The van der Waals surface area contributed by atoms with Crippen LogP contribution >= 0.6 is 11.8 Å². The van der Waals surface area contributed by atoms with Gasteiger partial charge in [-0.1, -0.05) is 53.7 Å². The number of hydrogen-bond donors (Lipinski definition) is 1. The zero-order chi connectivity index (χ0) is 21.5. The second kappa shape index (κ2) is 10.4. The summed E-state index contributed by atoms with van der Waals surface area (Å²) in [5.74, 6) is 0.268. The van der Waals surface area contributed by atoms with Crippen LogP contribution in [0, 0.1) is 6.92 Å².